The smallest absolute Gasteiger partial charge is 0.286 e. The molecule has 1 amide bonds. The van der Waals surface area contributed by atoms with Crippen molar-refractivity contribution in [2.45, 2.75) is 6.92 Å². The Morgan fingerprint density at radius 2 is 1.96 bits per heavy atom. The molecule has 4 aromatic rings. The van der Waals surface area contributed by atoms with Crippen molar-refractivity contribution in [3.05, 3.63) is 74.9 Å². The predicted octanol–water partition coefficient (Wildman–Crippen LogP) is 3.40. The van der Waals surface area contributed by atoms with Gasteiger partial charge >= 0.3 is 0 Å². The van der Waals surface area contributed by atoms with Gasteiger partial charge in [0, 0.05) is 7.05 Å². The molecule has 4 rings (SSSR count). The highest BCUT2D eigenvalue weighted by Crippen LogP contribution is 2.20. The van der Waals surface area contributed by atoms with Gasteiger partial charge in [-0.15, -0.1) is 0 Å². The maximum atomic E-state index is 12.6. The zero-order chi connectivity index (χ0) is 17.6. The maximum absolute atomic E-state index is 12.6. The summed E-state index contributed by atoms with van der Waals surface area (Å²) in [5.41, 5.74) is 2.16. The van der Waals surface area contributed by atoms with E-state index in [-0.39, 0.29) is 11.0 Å². The van der Waals surface area contributed by atoms with Gasteiger partial charge in [-0.25, -0.2) is 0 Å². The monoisotopic (exact) mass is 350 g/mol. The molecular weight excluding hydrogens is 336 g/mol. The van der Waals surface area contributed by atoms with Crippen molar-refractivity contribution >= 4 is 38.4 Å². The molecule has 2 heterocycles. The second-order valence-electron chi connectivity index (χ2n) is 5.76. The summed E-state index contributed by atoms with van der Waals surface area (Å²) in [6.45, 7) is 2.01. The SMILES string of the molecule is Cc1cccc2sc(=NC(=O)c3coc4ccccc4c3=O)n(C)c12. The first-order chi connectivity index (χ1) is 12.1. The number of carbonyl (C=O) groups excluding carboxylic acids is 1. The third-order valence-corrected chi connectivity index (χ3v) is 5.23. The number of fused-ring (bicyclic) bond motifs is 2. The molecule has 0 fully saturated rings. The van der Waals surface area contributed by atoms with E-state index in [1.807, 2.05) is 36.7 Å². The molecule has 0 unspecified atom stereocenters. The van der Waals surface area contributed by atoms with Crippen LogP contribution in [0.25, 0.3) is 21.2 Å². The van der Waals surface area contributed by atoms with Crippen molar-refractivity contribution in [2.75, 3.05) is 0 Å². The van der Waals surface area contributed by atoms with Gasteiger partial charge in [-0.1, -0.05) is 35.6 Å². The van der Waals surface area contributed by atoms with Gasteiger partial charge in [0.15, 0.2) is 4.80 Å². The van der Waals surface area contributed by atoms with Crippen molar-refractivity contribution in [1.29, 1.82) is 0 Å². The lowest BCUT2D eigenvalue weighted by Crippen LogP contribution is -2.18. The van der Waals surface area contributed by atoms with Crippen LogP contribution >= 0.6 is 11.3 Å². The van der Waals surface area contributed by atoms with Gasteiger partial charge in [-0.2, -0.15) is 4.99 Å². The summed E-state index contributed by atoms with van der Waals surface area (Å²) in [6.07, 6.45) is 1.19. The van der Waals surface area contributed by atoms with Crippen LogP contribution in [0.4, 0.5) is 0 Å². The molecule has 0 N–H and O–H groups in total. The second-order valence-corrected chi connectivity index (χ2v) is 6.77. The molecule has 0 spiro atoms. The topological polar surface area (TPSA) is 64.6 Å². The molecule has 25 heavy (non-hydrogen) atoms. The van der Waals surface area contributed by atoms with Gasteiger partial charge in [0.2, 0.25) is 5.43 Å². The van der Waals surface area contributed by atoms with Crippen molar-refractivity contribution in [2.24, 2.45) is 12.0 Å². The quantitative estimate of drug-likeness (QED) is 0.528. The fourth-order valence-electron chi connectivity index (χ4n) is 2.88. The average Bonchev–Trinajstić information content (AvgIpc) is 2.92. The number of hydrogen-bond donors (Lipinski definition) is 0. The lowest BCUT2D eigenvalue weighted by atomic mass is 10.2. The number of aromatic nitrogens is 1. The average molecular weight is 350 g/mol. The van der Waals surface area contributed by atoms with Crippen LogP contribution in [0.15, 0.2) is 62.9 Å². The summed E-state index contributed by atoms with van der Waals surface area (Å²) in [6, 6.07) is 12.8. The fourth-order valence-corrected chi connectivity index (χ4v) is 3.97. The minimum atomic E-state index is -0.598. The summed E-state index contributed by atoms with van der Waals surface area (Å²) in [5.74, 6) is -0.598. The van der Waals surface area contributed by atoms with E-state index in [1.54, 1.807) is 24.3 Å². The predicted molar refractivity (Wildman–Crippen MR) is 97.9 cm³/mol. The van der Waals surface area contributed by atoms with E-state index in [4.69, 9.17) is 4.42 Å². The van der Waals surface area contributed by atoms with Crippen LogP contribution in [-0.2, 0) is 7.05 Å². The van der Waals surface area contributed by atoms with Gasteiger partial charge in [0.1, 0.15) is 17.4 Å². The lowest BCUT2D eigenvalue weighted by Gasteiger charge is -2.00. The second kappa shape index (κ2) is 5.82. The zero-order valence-corrected chi connectivity index (χ0v) is 14.5. The number of hydrogen-bond acceptors (Lipinski definition) is 4. The Balaban J connectivity index is 1.89. The summed E-state index contributed by atoms with van der Waals surface area (Å²) >= 11 is 1.41. The maximum Gasteiger partial charge on any atom is 0.286 e. The van der Waals surface area contributed by atoms with E-state index in [0.717, 1.165) is 15.8 Å². The first kappa shape index (κ1) is 15.5. The van der Waals surface area contributed by atoms with Crippen LogP contribution in [0.2, 0.25) is 0 Å². The molecule has 0 radical (unpaired) electrons. The van der Waals surface area contributed by atoms with E-state index in [0.29, 0.717) is 15.8 Å². The minimum absolute atomic E-state index is 0.0621. The Kier molecular flexibility index (Phi) is 3.62. The highest BCUT2D eigenvalue weighted by molar-refractivity contribution is 7.16. The van der Waals surface area contributed by atoms with Crippen LogP contribution in [0.5, 0.6) is 0 Å². The Bertz CT molecular complexity index is 1260. The van der Waals surface area contributed by atoms with E-state index in [1.165, 1.54) is 17.6 Å². The number of rotatable bonds is 1. The molecule has 2 aromatic carbocycles. The number of carbonyl (C=O) groups is 1. The molecule has 124 valence electrons. The normalized spacial score (nSPS) is 12.2. The number of thiazole rings is 1. The van der Waals surface area contributed by atoms with Gasteiger partial charge < -0.3 is 8.98 Å². The standard InChI is InChI=1S/C19H14N2O3S/c1-11-6-5-9-15-16(11)21(2)19(25-15)20-18(23)13-10-24-14-8-4-3-7-12(14)17(13)22/h3-10H,1-2H3. The van der Waals surface area contributed by atoms with Gasteiger partial charge in [0.05, 0.1) is 15.6 Å². The van der Waals surface area contributed by atoms with E-state index >= 15 is 0 Å². The summed E-state index contributed by atoms with van der Waals surface area (Å²) < 4.78 is 8.32. The number of nitrogens with zero attached hydrogens (tertiary/aromatic N) is 2. The first-order valence-corrected chi connectivity index (χ1v) is 8.52. The fraction of sp³-hybridized carbons (Fsp3) is 0.105. The van der Waals surface area contributed by atoms with Crippen LogP contribution in [0, 0.1) is 6.92 Å². The molecule has 0 saturated heterocycles. The van der Waals surface area contributed by atoms with E-state index in [2.05, 4.69) is 4.99 Å². The van der Waals surface area contributed by atoms with Crippen LogP contribution in [-0.4, -0.2) is 10.5 Å². The Hall–Kier alpha value is -2.99. The third-order valence-electron chi connectivity index (χ3n) is 4.13. The number of para-hydroxylation sites is 2. The zero-order valence-electron chi connectivity index (χ0n) is 13.6. The lowest BCUT2D eigenvalue weighted by molar-refractivity contribution is 0.0995. The molecule has 0 aliphatic rings. The number of benzene rings is 2. The molecule has 0 bridgehead atoms. The minimum Gasteiger partial charge on any atom is -0.463 e. The molecule has 0 aliphatic heterocycles. The van der Waals surface area contributed by atoms with Crippen LogP contribution in [0.1, 0.15) is 15.9 Å². The molecule has 0 aliphatic carbocycles. The van der Waals surface area contributed by atoms with Gasteiger partial charge in [0.25, 0.3) is 5.91 Å². The molecule has 5 nitrogen and oxygen atoms in total. The van der Waals surface area contributed by atoms with E-state index in [9.17, 15) is 9.59 Å². The van der Waals surface area contributed by atoms with Crippen molar-refractivity contribution < 1.29 is 9.21 Å². The summed E-state index contributed by atoms with van der Waals surface area (Å²) in [4.78, 5) is 29.8. The Morgan fingerprint density at radius 3 is 2.76 bits per heavy atom. The van der Waals surface area contributed by atoms with Gasteiger partial charge in [-0.3, -0.25) is 9.59 Å². The van der Waals surface area contributed by atoms with Crippen LogP contribution in [0.3, 0.4) is 0 Å². The van der Waals surface area contributed by atoms with E-state index < -0.39 is 5.91 Å². The van der Waals surface area contributed by atoms with Gasteiger partial charge in [-0.05, 0) is 30.7 Å². The summed E-state index contributed by atoms with van der Waals surface area (Å²) in [7, 11) is 1.86. The van der Waals surface area contributed by atoms with Crippen molar-refractivity contribution in [1.82, 2.24) is 4.57 Å². The number of aryl methyl sites for hydroxylation is 2. The molecule has 6 heteroatoms. The highest BCUT2D eigenvalue weighted by atomic mass is 32.1. The molecule has 2 aromatic heterocycles. The van der Waals surface area contributed by atoms with Crippen LogP contribution < -0.4 is 10.2 Å². The number of amides is 1. The summed E-state index contributed by atoms with van der Waals surface area (Å²) in [5, 5.41) is 0.375. The van der Waals surface area contributed by atoms with Crippen molar-refractivity contribution in [3.63, 3.8) is 0 Å². The Morgan fingerprint density at radius 1 is 1.16 bits per heavy atom. The third kappa shape index (κ3) is 2.51. The molecule has 0 atom stereocenters. The van der Waals surface area contributed by atoms with Crippen molar-refractivity contribution in [3.8, 4) is 0 Å². The Labute approximate surface area is 146 Å². The molecule has 0 saturated carbocycles. The highest BCUT2D eigenvalue weighted by Gasteiger charge is 2.14. The molecular formula is C19H14N2O3S. The largest absolute Gasteiger partial charge is 0.463 e. The first-order valence-electron chi connectivity index (χ1n) is 7.71.